The van der Waals surface area contributed by atoms with E-state index < -0.39 is 0 Å². The predicted molar refractivity (Wildman–Crippen MR) is 94.6 cm³/mol. The molecule has 0 radical (unpaired) electrons. The quantitative estimate of drug-likeness (QED) is 0.636. The van der Waals surface area contributed by atoms with Crippen molar-refractivity contribution in [2.45, 2.75) is 19.8 Å². The SMILES string of the molecule is CCOC(=O)Cc1csc(NC(=O)Cc2cc(-c3cccs3)on2)n1. The van der Waals surface area contributed by atoms with E-state index in [4.69, 9.17) is 9.26 Å². The second kappa shape index (κ2) is 8.04. The van der Waals surface area contributed by atoms with E-state index >= 15 is 0 Å². The van der Waals surface area contributed by atoms with Gasteiger partial charge in [0.1, 0.15) is 0 Å². The van der Waals surface area contributed by atoms with Crippen LogP contribution in [0.4, 0.5) is 5.13 Å². The zero-order valence-electron chi connectivity index (χ0n) is 13.4. The maximum absolute atomic E-state index is 12.1. The Hall–Kier alpha value is -2.52. The number of amides is 1. The van der Waals surface area contributed by atoms with E-state index in [1.807, 2.05) is 17.5 Å². The topological polar surface area (TPSA) is 94.3 Å². The van der Waals surface area contributed by atoms with Crippen molar-refractivity contribution in [1.82, 2.24) is 10.1 Å². The van der Waals surface area contributed by atoms with Gasteiger partial charge in [0.15, 0.2) is 10.9 Å². The molecule has 0 aliphatic carbocycles. The second-order valence-corrected chi connectivity index (χ2v) is 6.82. The molecule has 0 fully saturated rings. The first-order valence-corrected chi connectivity index (χ1v) is 9.29. The highest BCUT2D eigenvalue weighted by molar-refractivity contribution is 7.14. The third kappa shape index (κ3) is 4.74. The van der Waals surface area contributed by atoms with Crippen molar-refractivity contribution in [3.05, 3.63) is 40.3 Å². The fourth-order valence-corrected chi connectivity index (χ4v) is 3.46. The van der Waals surface area contributed by atoms with E-state index in [1.165, 1.54) is 11.3 Å². The minimum Gasteiger partial charge on any atom is -0.466 e. The lowest BCUT2D eigenvalue weighted by Gasteiger charge is -1.99. The maximum Gasteiger partial charge on any atom is 0.311 e. The van der Waals surface area contributed by atoms with E-state index in [0.29, 0.717) is 28.9 Å². The molecule has 3 heterocycles. The van der Waals surface area contributed by atoms with Gasteiger partial charge in [-0.3, -0.25) is 9.59 Å². The van der Waals surface area contributed by atoms with Gasteiger partial charge in [-0.1, -0.05) is 11.2 Å². The van der Waals surface area contributed by atoms with Gasteiger partial charge < -0.3 is 14.6 Å². The van der Waals surface area contributed by atoms with E-state index in [9.17, 15) is 9.59 Å². The van der Waals surface area contributed by atoms with Gasteiger partial charge in [0.25, 0.3) is 0 Å². The van der Waals surface area contributed by atoms with Gasteiger partial charge in [-0.2, -0.15) is 0 Å². The van der Waals surface area contributed by atoms with Crippen LogP contribution in [0, 0.1) is 0 Å². The smallest absolute Gasteiger partial charge is 0.311 e. The van der Waals surface area contributed by atoms with Crippen molar-refractivity contribution in [2.75, 3.05) is 11.9 Å². The normalized spacial score (nSPS) is 10.6. The fourth-order valence-electron chi connectivity index (χ4n) is 2.06. The Balaban J connectivity index is 1.54. The Morgan fingerprint density at radius 1 is 1.28 bits per heavy atom. The number of rotatable bonds is 7. The van der Waals surface area contributed by atoms with Crippen LogP contribution in [0.15, 0.2) is 33.5 Å². The predicted octanol–water partition coefficient (Wildman–Crippen LogP) is 3.15. The zero-order valence-corrected chi connectivity index (χ0v) is 15.0. The Labute approximate surface area is 151 Å². The summed E-state index contributed by atoms with van der Waals surface area (Å²) >= 11 is 2.80. The van der Waals surface area contributed by atoms with Crippen LogP contribution >= 0.6 is 22.7 Å². The first-order valence-electron chi connectivity index (χ1n) is 7.53. The molecule has 0 spiro atoms. The standard InChI is InChI=1S/C16H15N3O4S2/c1-2-22-15(21)8-11-9-25-16(17-11)18-14(20)7-10-6-12(23-19-10)13-4-3-5-24-13/h3-6,9H,2,7-8H2,1H3,(H,17,18,20). The number of carbonyl (C=O) groups excluding carboxylic acids is 2. The Morgan fingerprint density at radius 2 is 2.16 bits per heavy atom. The maximum atomic E-state index is 12.1. The molecular weight excluding hydrogens is 362 g/mol. The van der Waals surface area contributed by atoms with E-state index in [2.05, 4.69) is 15.5 Å². The summed E-state index contributed by atoms with van der Waals surface area (Å²) in [4.78, 5) is 28.7. The van der Waals surface area contributed by atoms with Crippen LogP contribution < -0.4 is 5.32 Å². The molecule has 9 heteroatoms. The number of ether oxygens (including phenoxy) is 1. The van der Waals surface area contributed by atoms with Crippen molar-refractivity contribution in [3.8, 4) is 10.6 Å². The lowest BCUT2D eigenvalue weighted by molar-refractivity contribution is -0.142. The molecule has 0 unspecified atom stereocenters. The molecule has 0 bridgehead atoms. The number of hydrogen-bond acceptors (Lipinski definition) is 8. The van der Waals surface area contributed by atoms with Crippen LogP contribution in [-0.4, -0.2) is 28.6 Å². The van der Waals surface area contributed by atoms with Gasteiger partial charge in [-0.15, -0.1) is 22.7 Å². The van der Waals surface area contributed by atoms with Crippen LogP contribution in [0.2, 0.25) is 0 Å². The van der Waals surface area contributed by atoms with Gasteiger partial charge in [0, 0.05) is 11.4 Å². The van der Waals surface area contributed by atoms with Crippen molar-refractivity contribution >= 4 is 39.7 Å². The number of hydrogen-bond donors (Lipinski definition) is 1. The van der Waals surface area contributed by atoms with Crippen LogP contribution in [0.1, 0.15) is 18.3 Å². The van der Waals surface area contributed by atoms with E-state index in [-0.39, 0.29) is 24.7 Å². The van der Waals surface area contributed by atoms with Crippen LogP contribution in [0.5, 0.6) is 0 Å². The lowest BCUT2D eigenvalue weighted by Crippen LogP contribution is -2.14. The molecule has 130 valence electrons. The monoisotopic (exact) mass is 377 g/mol. The molecule has 3 aromatic heterocycles. The summed E-state index contributed by atoms with van der Waals surface area (Å²) in [6.07, 6.45) is 0.176. The average molecular weight is 377 g/mol. The van der Waals surface area contributed by atoms with Gasteiger partial charge >= 0.3 is 5.97 Å². The molecule has 0 saturated carbocycles. The van der Waals surface area contributed by atoms with E-state index in [1.54, 1.807) is 29.7 Å². The molecule has 0 aliphatic heterocycles. The fraction of sp³-hybridized carbons (Fsp3) is 0.250. The van der Waals surface area contributed by atoms with E-state index in [0.717, 1.165) is 4.88 Å². The summed E-state index contributed by atoms with van der Waals surface area (Å²) in [5.74, 6) is 0.0567. The van der Waals surface area contributed by atoms with Crippen LogP contribution in [-0.2, 0) is 27.2 Å². The first kappa shape index (κ1) is 17.3. The highest BCUT2D eigenvalue weighted by Gasteiger charge is 2.14. The number of carbonyl (C=O) groups is 2. The summed E-state index contributed by atoms with van der Waals surface area (Å²) in [6.45, 7) is 2.08. The summed E-state index contributed by atoms with van der Waals surface area (Å²) in [5, 5.41) is 10.7. The number of aromatic nitrogens is 2. The molecule has 0 saturated heterocycles. The number of thiophene rings is 1. The molecule has 0 aliphatic rings. The second-order valence-electron chi connectivity index (χ2n) is 5.01. The molecule has 25 heavy (non-hydrogen) atoms. The minimum atomic E-state index is -0.339. The Kier molecular flexibility index (Phi) is 5.56. The molecule has 1 amide bonds. The minimum absolute atomic E-state index is 0.0850. The zero-order chi connectivity index (χ0) is 17.6. The third-order valence-corrected chi connectivity index (χ3v) is 4.78. The molecule has 3 rings (SSSR count). The Morgan fingerprint density at radius 3 is 2.92 bits per heavy atom. The van der Waals surface area contributed by atoms with Crippen molar-refractivity contribution in [2.24, 2.45) is 0 Å². The first-order chi connectivity index (χ1) is 12.1. The molecule has 7 nitrogen and oxygen atoms in total. The molecule has 0 aromatic carbocycles. The molecular formula is C16H15N3O4S2. The summed E-state index contributed by atoms with van der Waals surface area (Å²) in [7, 11) is 0. The summed E-state index contributed by atoms with van der Waals surface area (Å²) in [5.41, 5.74) is 1.12. The average Bonchev–Trinajstić information content (AvgIpc) is 3.29. The number of thiazole rings is 1. The van der Waals surface area contributed by atoms with Crippen LogP contribution in [0.3, 0.4) is 0 Å². The Bertz CT molecular complexity index is 855. The number of esters is 1. The highest BCUT2D eigenvalue weighted by atomic mass is 32.1. The van der Waals surface area contributed by atoms with Crippen molar-refractivity contribution in [3.63, 3.8) is 0 Å². The summed E-state index contributed by atoms with van der Waals surface area (Å²) in [6, 6.07) is 5.60. The highest BCUT2D eigenvalue weighted by Crippen LogP contribution is 2.25. The largest absolute Gasteiger partial charge is 0.466 e. The lowest BCUT2D eigenvalue weighted by atomic mass is 10.2. The van der Waals surface area contributed by atoms with Crippen molar-refractivity contribution < 1.29 is 18.8 Å². The summed E-state index contributed by atoms with van der Waals surface area (Å²) < 4.78 is 10.1. The molecule has 0 atom stereocenters. The number of nitrogens with one attached hydrogen (secondary N) is 1. The van der Waals surface area contributed by atoms with Gasteiger partial charge in [-0.05, 0) is 18.4 Å². The molecule has 1 N–H and O–H groups in total. The van der Waals surface area contributed by atoms with Crippen molar-refractivity contribution in [1.29, 1.82) is 0 Å². The van der Waals surface area contributed by atoms with Gasteiger partial charge in [-0.25, -0.2) is 4.98 Å². The van der Waals surface area contributed by atoms with Gasteiger partial charge in [0.2, 0.25) is 5.91 Å². The third-order valence-electron chi connectivity index (χ3n) is 3.09. The number of anilines is 1. The number of nitrogens with zero attached hydrogens (tertiary/aromatic N) is 2. The van der Waals surface area contributed by atoms with Crippen LogP contribution in [0.25, 0.3) is 10.6 Å². The molecule has 3 aromatic rings. The van der Waals surface area contributed by atoms with Gasteiger partial charge in [0.05, 0.1) is 35.7 Å².